The van der Waals surface area contributed by atoms with Gasteiger partial charge in [0.05, 0.1) is 12.1 Å². The van der Waals surface area contributed by atoms with Crippen LogP contribution in [0.5, 0.6) is 0 Å². The molecule has 0 unspecified atom stereocenters. The Balaban J connectivity index is 1.66. The molecule has 1 saturated heterocycles. The predicted octanol–water partition coefficient (Wildman–Crippen LogP) is 2.14. The fraction of sp³-hybridized carbons (Fsp3) is 0.333. The second-order valence-corrected chi connectivity index (χ2v) is 6.37. The summed E-state index contributed by atoms with van der Waals surface area (Å²) < 4.78 is 14.7. The largest absolute Gasteiger partial charge is 0.495 e. The van der Waals surface area contributed by atoms with Crippen LogP contribution in [0.2, 0.25) is 0 Å². The average molecular weight is 370 g/mol. The normalized spacial score (nSPS) is 18.2. The second kappa shape index (κ2) is 7.73. The summed E-state index contributed by atoms with van der Waals surface area (Å²) in [5, 5.41) is 0.508. The van der Waals surface area contributed by atoms with Crippen molar-refractivity contribution in [1.82, 2.24) is 9.54 Å². The highest BCUT2D eigenvalue weighted by Gasteiger charge is 2.32. The molecule has 0 atom stereocenters. The summed E-state index contributed by atoms with van der Waals surface area (Å²) in [6.45, 7) is 3.81. The zero-order valence-corrected chi connectivity index (χ0v) is 15.1. The standard InChI is InChI=1S/C18H18BFN3O4/c1-11-9-12(2)21-15(11)10-14-4-3-13(22(14)19-20)5-8-18(26)27-23-16(24)6-7-17(23)25/h3-4,9-10H,5-8H2,1-2H3/b15-10-. The summed E-state index contributed by atoms with van der Waals surface area (Å²) in [6, 6.07) is 3.43. The summed E-state index contributed by atoms with van der Waals surface area (Å²) >= 11 is 0. The Morgan fingerprint density at radius 3 is 2.59 bits per heavy atom. The molecule has 0 aliphatic carbocycles. The number of aliphatic imine (C=N–C) groups is 1. The molecular weight excluding hydrogens is 352 g/mol. The van der Waals surface area contributed by atoms with Gasteiger partial charge in [0, 0.05) is 29.9 Å². The number of carbonyl (C=O) groups excluding carboxylic acids is 3. The number of nitrogens with zero attached hydrogens (tertiary/aromatic N) is 3. The molecule has 2 amide bonds. The molecule has 139 valence electrons. The van der Waals surface area contributed by atoms with Crippen LogP contribution in [-0.4, -0.2) is 40.7 Å². The van der Waals surface area contributed by atoms with E-state index in [9.17, 15) is 18.7 Å². The quantitative estimate of drug-likeness (QED) is 0.568. The molecule has 0 saturated carbocycles. The zero-order chi connectivity index (χ0) is 19.6. The average Bonchev–Trinajstić information content (AvgIpc) is 3.26. The maximum absolute atomic E-state index is 13.4. The minimum atomic E-state index is -0.722. The Morgan fingerprint density at radius 1 is 1.30 bits per heavy atom. The Bertz CT molecular complexity index is 884. The lowest BCUT2D eigenvalue weighted by atomic mass is 10.1. The number of hydroxylamine groups is 2. The highest BCUT2D eigenvalue weighted by Crippen LogP contribution is 2.23. The van der Waals surface area contributed by atoms with Crippen LogP contribution in [-0.2, 0) is 25.6 Å². The number of allylic oxidation sites excluding steroid dienone is 2. The van der Waals surface area contributed by atoms with Gasteiger partial charge in [0.25, 0.3) is 11.8 Å². The molecule has 0 spiro atoms. The summed E-state index contributed by atoms with van der Waals surface area (Å²) in [5.74, 6) is -1.78. The molecule has 1 aromatic rings. The number of imide groups is 1. The lowest BCUT2D eigenvalue weighted by Crippen LogP contribution is -2.32. The van der Waals surface area contributed by atoms with Crippen molar-refractivity contribution < 1.29 is 23.5 Å². The third kappa shape index (κ3) is 4.07. The van der Waals surface area contributed by atoms with Gasteiger partial charge in [-0.2, -0.15) is 0 Å². The second-order valence-electron chi connectivity index (χ2n) is 6.37. The van der Waals surface area contributed by atoms with E-state index in [4.69, 9.17) is 4.84 Å². The van der Waals surface area contributed by atoms with Crippen molar-refractivity contribution in [1.29, 1.82) is 0 Å². The van der Waals surface area contributed by atoms with Gasteiger partial charge in [-0.3, -0.25) is 14.6 Å². The van der Waals surface area contributed by atoms with Crippen molar-refractivity contribution >= 4 is 37.3 Å². The summed E-state index contributed by atoms with van der Waals surface area (Å²) in [4.78, 5) is 44.0. The fourth-order valence-electron chi connectivity index (χ4n) is 2.97. The number of aryl methyl sites for hydroxylation is 1. The van der Waals surface area contributed by atoms with Gasteiger partial charge in [0.1, 0.15) is 0 Å². The molecule has 7 nitrogen and oxygen atoms in total. The first-order valence-electron chi connectivity index (χ1n) is 8.55. The smallest absolute Gasteiger partial charge is 0.362 e. The lowest BCUT2D eigenvalue weighted by molar-refractivity contribution is -0.197. The topological polar surface area (TPSA) is 81.0 Å². The molecule has 3 rings (SSSR count). The van der Waals surface area contributed by atoms with Crippen molar-refractivity contribution in [3.8, 4) is 0 Å². The number of rotatable bonds is 6. The van der Waals surface area contributed by atoms with E-state index in [1.807, 2.05) is 19.9 Å². The van der Waals surface area contributed by atoms with Crippen LogP contribution in [0.4, 0.5) is 4.32 Å². The number of aromatic nitrogens is 1. The highest BCUT2D eigenvalue weighted by atomic mass is 19.1. The van der Waals surface area contributed by atoms with Crippen LogP contribution in [0, 0.1) is 0 Å². The molecule has 1 fully saturated rings. The number of hydrogen-bond donors (Lipinski definition) is 0. The molecule has 9 heteroatoms. The van der Waals surface area contributed by atoms with Gasteiger partial charge >= 0.3 is 13.7 Å². The van der Waals surface area contributed by atoms with E-state index in [0.717, 1.165) is 17.0 Å². The third-order valence-electron chi connectivity index (χ3n) is 4.33. The SMILES string of the molecule is CC1=CC(C)=N/C1=C\c1ccc(CCC(=O)ON2C(=O)CCC2=O)n1[B]F. The number of amides is 2. The first-order chi connectivity index (χ1) is 12.9. The number of halogens is 1. The van der Waals surface area contributed by atoms with Crippen molar-refractivity contribution in [3.63, 3.8) is 0 Å². The van der Waals surface area contributed by atoms with Crippen LogP contribution in [0.3, 0.4) is 0 Å². The van der Waals surface area contributed by atoms with Crippen LogP contribution < -0.4 is 0 Å². The molecular formula is C18H18BFN3O4. The zero-order valence-electron chi connectivity index (χ0n) is 15.1. The van der Waals surface area contributed by atoms with Gasteiger partial charge < -0.3 is 13.6 Å². The molecule has 27 heavy (non-hydrogen) atoms. The maximum atomic E-state index is 13.4. The monoisotopic (exact) mass is 370 g/mol. The minimum absolute atomic E-state index is 0.0413. The molecule has 0 bridgehead atoms. The molecule has 1 aromatic heterocycles. The molecule has 0 aromatic carbocycles. The van der Waals surface area contributed by atoms with E-state index in [0.29, 0.717) is 24.1 Å². The van der Waals surface area contributed by atoms with Crippen molar-refractivity contribution in [2.24, 2.45) is 4.99 Å². The van der Waals surface area contributed by atoms with Gasteiger partial charge in [-0.05, 0) is 50.1 Å². The van der Waals surface area contributed by atoms with Crippen molar-refractivity contribution in [3.05, 3.63) is 40.9 Å². The Labute approximate surface area is 156 Å². The van der Waals surface area contributed by atoms with E-state index in [-0.39, 0.29) is 25.7 Å². The van der Waals surface area contributed by atoms with E-state index < -0.39 is 17.8 Å². The molecule has 3 heterocycles. The van der Waals surface area contributed by atoms with Gasteiger partial charge in [0.15, 0.2) is 0 Å². The van der Waals surface area contributed by atoms with Gasteiger partial charge in [0.2, 0.25) is 0 Å². The van der Waals surface area contributed by atoms with E-state index in [1.54, 1.807) is 18.2 Å². The van der Waals surface area contributed by atoms with Gasteiger partial charge in [-0.1, -0.05) is 0 Å². The lowest BCUT2D eigenvalue weighted by Gasteiger charge is -2.12. The number of carbonyl (C=O) groups is 3. The fourth-order valence-corrected chi connectivity index (χ4v) is 2.97. The van der Waals surface area contributed by atoms with Gasteiger partial charge in [-0.15, -0.1) is 5.06 Å². The Morgan fingerprint density at radius 2 is 2.00 bits per heavy atom. The van der Waals surface area contributed by atoms with Crippen molar-refractivity contribution in [2.45, 2.75) is 39.5 Å². The van der Waals surface area contributed by atoms with Crippen LogP contribution in [0.15, 0.2) is 34.5 Å². The Hall–Kier alpha value is -2.97. The first kappa shape index (κ1) is 18.8. The van der Waals surface area contributed by atoms with E-state index >= 15 is 0 Å². The molecule has 0 N–H and O–H groups in total. The minimum Gasteiger partial charge on any atom is -0.362 e. The van der Waals surface area contributed by atoms with Crippen LogP contribution in [0.1, 0.15) is 44.5 Å². The summed E-state index contributed by atoms with van der Waals surface area (Å²) in [7, 11) is 0.422. The summed E-state index contributed by atoms with van der Waals surface area (Å²) in [5.41, 5.74) is 3.78. The summed E-state index contributed by atoms with van der Waals surface area (Å²) in [6.07, 6.45) is 3.88. The number of hydrogen-bond acceptors (Lipinski definition) is 5. The van der Waals surface area contributed by atoms with Crippen LogP contribution >= 0.6 is 0 Å². The molecule has 2 aliphatic rings. The third-order valence-corrected chi connectivity index (χ3v) is 4.33. The first-order valence-corrected chi connectivity index (χ1v) is 8.55. The van der Waals surface area contributed by atoms with E-state index in [1.165, 1.54) is 4.48 Å². The highest BCUT2D eigenvalue weighted by molar-refractivity contribution is 6.25. The maximum Gasteiger partial charge on any atom is 0.495 e. The molecule has 1 radical (unpaired) electrons. The Kier molecular flexibility index (Phi) is 5.39. The van der Waals surface area contributed by atoms with Crippen molar-refractivity contribution in [2.75, 3.05) is 0 Å². The van der Waals surface area contributed by atoms with Crippen LogP contribution in [0.25, 0.3) is 6.08 Å². The van der Waals surface area contributed by atoms with Gasteiger partial charge in [-0.25, -0.2) is 4.79 Å². The van der Waals surface area contributed by atoms with E-state index in [2.05, 4.69) is 4.99 Å². The molecule has 2 aliphatic heterocycles. The predicted molar refractivity (Wildman–Crippen MR) is 97.0 cm³/mol.